The first-order chi connectivity index (χ1) is 9.88. The lowest BCUT2D eigenvalue weighted by molar-refractivity contribution is 0.288. The second kappa shape index (κ2) is 6.27. The van der Waals surface area contributed by atoms with Gasteiger partial charge in [0.15, 0.2) is 0 Å². The number of ether oxygens (including phenoxy) is 1. The van der Waals surface area contributed by atoms with E-state index in [0.29, 0.717) is 17.9 Å². The van der Waals surface area contributed by atoms with Gasteiger partial charge in [0.25, 0.3) is 0 Å². The van der Waals surface area contributed by atoms with Gasteiger partial charge in [-0.05, 0) is 56.0 Å². The van der Waals surface area contributed by atoms with Crippen molar-refractivity contribution in [2.75, 3.05) is 6.61 Å². The zero-order valence-electron chi connectivity index (χ0n) is 13.0. The van der Waals surface area contributed by atoms with Gasteiger partial charge >= 0.3 is 0 Å². The highest BCUT2D eigenvalue weighted by molar-refractivity contribution is 5.39. The SMILES string of the molecule is Cc1cc(C)c(C(N)COc2ccc(C)c(F)c2)c(C)c1. The molecule has 3 heteroatoms. The molecule has 1 unspecified atom stereocenters. The van der Waals surface area contributed by atoms with Gasteiger partial charge in [-0.1, -0.05) is 23.8 Å². The summed E-state index contributed by atoms with van der Waals surface area (Å²) in [5.41, 5.74) is 11.5. The zero-order chi connectivity index (χ0) is 15.6. The number of benzene rings is 2. The van der Waals surface area contributed by atoms with Crippen LogP contribution in [0.25, 0.3) is 0 Å². The quantitative estimate of drug-likeness (QED) is 0.917. The molecule has 21 heavy (non-hydrogen) atoms. The highest BCUT2D eigenvalue weighted by Gasteiger charge is 2.13. The van der Waals surface area contributed by atoms with E-state index in [-0.39, 0.29) is 11.9 Å². The highest BCUT2D eigenvalue weighted by atomic mass is 19.1. The fourth-order valence-corrected chi connectivity index (χ4v) is 2.71. The molecule has 0 fully saturated rings. The maximum absolute atomic E-state index is 13.5. The molecule has 2 aromatic rings. The molecule has 2 N–H and O–H groups in total. The molecule has 1 atom stereocenters. The van der Waals surface area contributed by atoms with Gasteiger partial charge in [0.1, 0.15) is 18.2 Å². The van der Waals surface area contributed by atoms with Crippen LogP contribution in [-0.2, 0) is 0 Å². The number of hydrogen-bond donors (Lipinski definition) is 1. The first-order valence-electron chi connectivity index (χ1n) is 7.10. The zero-order valence-corrected chi connectivity index (χ0v) is 13.0. The van der Waals surface area contributed by atoms with Crippen LogP contribution in [0.3, 0.4) is 0 Å². The monoisotopic (exact) mass is 287 g/mol. The number of rotatable bonds is 4. The van der Waals surface area contributed by atoms with Crippen molar-refractivity contribution in [3.8, 4) is 5.75 Å². The third-order valence-electron chi connectivity index (χ3n) is 3.68. The van der Waals surface area contributed by atoms with Crippen molar-refractivity contribution >= 4 is 0 Å². The van der Waals surface area contributed by atoms with Crippen molar-refractivity contribution < 1.29 is 9.13 Å². The third kappa shape index (κ3) is 3.61. The number of aryl methyl sites for hydroxylation is 4. The lowest BCUT2D eigenvalue weighted by Gasteiger charge is -2.19. The van der Waals surface area contributed by atoms with Crippen LogP contribution in [0.1, 0.15) is 33.9 Å². The van der Waals surface area contributed by atoms with Gasteiger partial charge < -0.3 is 10.5 Å². The molecule has 0 radical (unpaired) electrons. The van der Waals surface area contributed by atoms with Crippen LogP contribution in [0.5, 0.6) is 5.75 Å². The van der Waals surface area contributed by atoms with Gasteiger partial charge in [-0.15, -0.1) is 0 Å². The molecule has 2 nitrogen and oxygen atoms in total. The molecule has 0 aliphatic carbocycles. The van der Waals surface area contributed by atoms with Gasteiger partial charge in [0, 0.05) is 6.07 Å². The lowest BCUT2D eigenvalue weighted by atomic mass is 9.95. The van der Waals surface area contributed by atoms with Crippen LogP contribution in [-0.4, -0.2) is 6.61 Å². The van der Waals surface area contributed by atoms with E-state index in [1.54, 1.807) is 19.1 Å². The van der Waals surface area contributed by atoms with E-state index >= 15 is 0 Å². The van der Waals surface area contributed by atoms with Gasteiger partial charge in [-0.2, -0.15) is 0 Å². The second-order valence-corrected chi connectivity index (χ2v) is 5.64. The molecule has 0 aliphatic rings. The second-order valence-electron chi connectivity index (χ2n) is 5.64. The molecule has 0 aromatic heterocycles. The summed E-state index contributed by atoms with van der Waals surface area (Å²) in [5.74, 6) is 0.250. The predicted octanol–water partition coefficient (Wildman–Crippen LogP) is 4.14. The summed E-state index contributed by atoms with van der Waals surface area (Å²) in [5, 5.41) is 0. The standard InChI is InChI=1S/C18H22FNO/c1-11-7-13(3)18(14(4)8-11)17(20)10-21-15-6-5-12(2)16(19)9-15/h5-9,17H,10,20H2,1-4H3. The van der Waals surface area contributed by atoms with Gasteiger partial charge in [-0.3, -0.25) is 0 Å². The Morgan fingerprint density at radius 2 is 1.62 bits per heavy atom. The maximum atomic E-state index is 13.5. The first-order valence-corrected chi connectivity index (χ1v) is 7.10. The smallest absolute Gasteiger partial charge is 0.129 e. The lowest BCUT2D eigenvalue weighted by Crippen LogP contribution is -2.21. The van der Waals surface area contributed by atoms with Crippen LogP contribution < -0.4 is 10.5 Å². The summed E-state index contributed by atoms with van der Waals surface area (Å²) in [7, 11) is 0. The Kier molecular flexibility index (Phi) is 4.63. The Labute approximate surface area is 125 Å². The summed E-state index contributed by atoms with van der Waals surface area (Å²) < 4.78 is 19.1. The maximum Gasteiger partial charge on any atom is 0.129 e. The molecule has 0 spiro atoms. The molecule has 2 aromatic carbocycles. The van der Waals surface area contributed by atoms with Crippen molar-refractivity contribution in [2.45, 2.75) is 33.7 Å². The molecule has 2 rings (SSSR count). The number of nitrogens with two attached hydrogens (primary N) is 1. The number of halogens is 1. The summed E-state index contributed by atoms with van der Waals surface area (Å²) in [4.78, 5) is 0. The minimum absolute atomic E-state index is 0.227. The van der Waals surface area contributed by atoms with Gasteiger partial charge in [-0.25, -0.2) is 4.39 Å². The van der Waals surface area contributed by atoms with Crippen molar-refractivity contribution in [1.82, 2.24) is 0 Å². The van der Waals surface area contributed by atoms with Crippen molar-refractivity contribution in [2.24, 2.45) is 5.73 Å². The van der Waals surface area contributed by atoms with E-state index in [0.717, 1.165) is 5.56 Å². The molecule has 0 heterocycles. The normalized spacial score (nSPS) is 12.3. The fraction of sp³-hybridized carbons (Fsp3) is 0.333. The van der Waals surface area contributed by atoms with Gasteiger partial charge in [0.2, 0.25) is 0 Å². The van der Waals surface area contributed by atoms with E-state index in [1.165, 1.54) is 22.8 Å². The van der Waals surface area contributed by atoms with Crippen LogP contribution in [0.15, 0.2) is 30.3 Å². The molecule has 112 valence electrons. The average Bonchev–Trinajstić information content (AvgIpc) is 2.39. The van der Waals surface area contributed by atoms with Crippen molar-refractivity contribution in [3.05, 3.63) is 64.0 Å². The summed E-state index contributed by atoms with van der Waals surface area (Å²) in [6.07, 6.45) is 0. The number of hydrogen-bond acceptors (Lipinski definition) is 2. The van der Waals surface area contributed by atoms with Gasteiger partial charge in [0.05, 0.1) is 6.04 Å². The predicted molar refractivity (Wildman–Crippen MR) is 84.2 cm³/mol. The Balaban J connectivity index is 2.11. The minimum Gasteiger partial charge on any atom is -0.492 e. The van der Waals surface area contributed by atoms with E-state index in [2.05, 4.69) is 32.9 Å². The molecule has 0 bridgehead atoms. The molecular weight excluding hydrogens is 265 g/mol. The summed E-state index contributed by atoms with van der Waals surface area (Å²) in [6, 6.07) is 8.88. The largest absolute Gasteiger partial charge is 0.492 e. The molecule has 0 saturated carbocycles. The van der Waals surface area contributed by atoms with E-state index in [4.69, 9.17) is 10.5 Å². The van der Waals surface area contributed by atoms with Crippen LogP contribution in [0.2, 0.25) is 0 Å². The van der Waals surface area contributed by atoms with Crippen LogP contribution >= 0.6 is 0 Å². The Morgan fingerprint density at radius 1 is 1.00 bits per heavy atom. The third-order valence-corrected chi connectivity index (χ3v) is 3.68. The van der Waals surface area contributed by atoms with Crippen LogP contribution in [0, 0.1) is 33.5 Å². The first kappa shape index (κ1) is 15.5. The van der Waals surface area contributed by atoms with Crippen molar-refractivity contribution in [3.63, 3.8) is 0 Å². The topological polar surface area (TPSA) is 35.2 Å². The van der Waals surface area contributed by atoms with Crippen LogP contribution in [0.4, 0.5) is 4.39 Å². The average molecular weight is 287 g/mol. The van der Waals surface area contributed by atoms with E-state index in [9.17, 15) is 4.39 Å². The van der Waals surface area contributed by atoms with Crippen molar-refractivity contribution in [1.29, 1.82) is 0 Å². The molecule has 0 saturated heterocycles. The molecule has 0 aliphatic heterocycles. The van der Waals surface area contributed by atoms with E-state index < -0.39 is 0 Å². The Bertz CT molecular complexity index is 629. The minimum atomic E-state index is -0.260. The molecular formula is C18H22FNO. The summed E-state index contributed by atoms with van der Waals surface area (Å²) in [6.45, 7) is 8.24. The Hall–Kier alpha value is -1.87. The molecule has 0 amide bonds. The summed E-state index contributed by atoms with van der Waals surface area (Å²) >= 11 is 0. The Morgan fingerprint density at radius 3 is 2.19 bits per heavy atom. The fourth-order valence-electron chi connectivity index (χ4n) is 2.71. The van der Waals surface area contributed by atoms with E-state index in [1.807, 2.05) is 0 Å². The highest BCUT2D eigenvalue weighted by Crippen LogP contribution is 2.23.